The van der Waals surface area contributed by atoms with Crippen LogP contribution in [0.4, 0.5) is 0 Å². The van der Waals surface area contributed by atoms with Gasteiger partial charge in [0.05, 0.1) is 12.6 Å². The Labute approximate surface area is 128 Å². The second-order valence-electron chi connectivity index (χ2n) is 5.46. The number of benzene rings is 1. The van der Waals surface area contributed by atoms with Gasteiger partial charge in [0.15, 0.2) is 0 Å². The first-order valence-electron chi connectivity index (χ1n) is 6.91. The van der Waals surface area contributed by atoms with Crippen molar-refractivity contribution in [2.45, 2.75) is 18.9 Å². The van der Waals surface area contributed by atoms with E-state index in [-0.39, 0.29) is 24.5 Å². The fraction of sp³-hybridized carbons (Fsp3) is 0.467. The van der Waals surface area contributed by atoms with Crippen molar-refractivity contribution in [2.75, 3.05) is 20.1 Å². The minimum absolute atomic E-state index is 0.0345. The Bertz CT molecular complexity index is 512. The monoisotopic (exact) mass is 310 g/mol. The van der Waals surface area contributed by atoms with Crippen molar-refractivity contribution >= 4 is 23.4 Å². The predicted octanol–water partition coefficient (Wildman–Crippen LogP) is 1.30. The lowest BCUT2D eigenvalue weighted by Gasteiger charge is -2.34. The number of likely N-dealkylation sites (N-methyl/N-ethyl adjacent to an activating group) is 1. The van der Waals surface area contributed by atoms with Crippen LogP contribution >= 0.6 is 11.6 Å². The van der Waals surface area contributed by atoms with Crippen LogP contribution in [0.25, 0.3) is 0 Å². The van der Waals surface area contributed by atoms with Gasteiger partial charge in [-0.2, -0.15) is 0 Å². The SMILES string of the molecule is CN(CC1CC(O)C1)C(=O)CNC(=O)c1ccc(Cl)cc1. The Morgan fingerprint density at radius 1 is 1.33 bits per heavy atom. The number of aliphatic hydroxyl groups is 1. The molecule has 1 aromatic rings. The molecule has 114 valence electrons. The first-order valence-corrected chi connectivity index (χ1v) is 7.29. The lowest BCUT2D eigenvalue weighted by Crippen LogP contribution is -2.43. The Balaban J connectivity index is 1.75. The summed E-state index contributed by atoms with van der Waals surface area (Å²) in [5, 5.41) is 12.4. The van der Waals surface area contributed by atoms with E-state index in [1.165, 1.54) is 0 Å². The summed E-state index contributed by atoms with van der Waals surface area (Å²) in [6.07, 6.45) is 1.27. The van der Waals surface area contributed by atoms with Crippen LogP contribution in [0, 0.1) is 5.92 Å². The summed E-state index contributed by atoms with van der Waals surface area (Å²) in [6.45, 7) is 0.583. The molecular formula is C15H19ClN2O3. The zero-order valence-electron chi connectivity index (χ0n) is 11.9. The molecule has 0 radical (unpaired) electrons. The molecule has 2 amide bonds. The van der Waals surface area contributed by atoms with Crippen LogP contribution in [-0.4, -0.2) is 48.1 Å². The van der Waals surface area contributed by atoms with E-state index in [9.17, 15) is 14.7 Å². The molecule has 5 nitrogen and oxygen atoms in total. The summed E-state index contributed by atoms with van der Waals surface area (Å²) in [6, 6.07) is 6.49. The Morgan fingerprint density at radius 2 is 1.95 bits per heavy atom. The number of carbonyl (C=O) groups is 2. The third kappa shape index (κ3) is 4.44. The molecule has 1 aliphatic rings. The molecule has 0 aromatic heterocycles. The lowest BCUT2D eigenvalue weighted by atomic mass is 9.82. The van der Waals surface area contributed by atoms with Gasteiger partial charge in [0, 0.05) is 24.2 Å². The largest absolute Gasteiger partial charge is 0.393 e. The Morgan fingerprint density at radius 3 is 2.52 bits per heavy atom. The van der Waals surface area contributed by atoms with Crippen LogP contribution in [0.2, 0.25) is 5.02 Å². The third-order valence-corrected chi connectivity index (χ3v) is 3.93. The number of nitrogens with zero attached hydrogens (tertiary/aromatic N) is 1. The average molecular weight is 311 g/mol. The van der Waals surface area contributed by atoms with Crippen molar-refractivity contribution in [1.29, 1.82) is 0 Å². The molecule has 1 fully saturated rings. The van der Waals surface area contributed by atoms with Gasteiger partial charge in [-0.15, -0.1) is 0 Å². The fourth-order valence-electron chi connectivity index (χ4n) is 2.33. The van der Waals surface area contributed by atoms with Crippen molar-refractivity contribution in [1.82, 2.24) is 10.2 Å². The van der Waals surface area contributed by atoms with E-state index in [2.05, 4.69) is 5.32 Å². The zero-order valence-corrected chi connectivity index (χ0v) is 12.6. The van der Waals surface area contributed by atoms with Crippen LogP contribution in [0.5, 0.6) is 0 Å². The number of amides is 2. The van der Waals surface area contributed by atoms with Gasteiger partial charge in [-0.25, -0.2) is 0 Å². The highest BCUT2D eigenvalue weighted by Gasteiger charge is 2.29. The zero-order chi connectivity index (χ0) is 15.4. The second kappa shape index (κ2) is 6.91. The molecule has 0 bridgehead atoms. The molecule has 0 atom stereocenters. The first kappa shape index (κ1) is 15.8. The molecule has 1 aromatic carbocycles. The number of hydrogen-bond acceptors (Lipinski definition) is 3. The summed E-state index contributed by atoms with van der Waals surface area (Å²) in [4.78, 5) is 25.4. The quantitative estimate of drug-likeness (QED) is 0.861. The van der Waals surface area contributed by atoms with E-state index < -0.39 is 0 Å². The summed E-state index contributed by atoms with van der Waals surface area (Å²) in [5.41, 5.74) is 0.469. The molecule has 2 rings (SSSR count). The number of carbonyl (C=O) groups excluding carboxylic acids is 2. The van der Waals surface area contributed by atoms with E-state index >= 15 is 0 Å². The fourth-order valence-corrected chi connectivity index (χ4v) is 2.46. The highest BCUT2D eigenvalue weighted by atomic mass is 35.5. The topological polar surface area (TPSA) is 69.6 Å². The van der Waals surface area contributed by atoms with Gasteiger partial charge < -0.3 is 15.3 Å². The molecule has 6 heteroatoms. The van der Waals surface area contributed by atoms with Crippen LogP contribution in [-0.2, 0) is 4.79 Å². The van der Waals surface area contributed by atoms with E-state index in [4.69, 9.17) is 11.6 Å². The standard InChI is InChI=1S/C15H19ClN2O3/c1-18(9-10-6-13(19)7-10)14(20)8-17-15(21)11-2-4-12(16)5-3-11/h2-5,10,13,19H,6-9H2,1H3,(H,17,21). The minimum atomic E-state index is -0.299. The maximum Gasteiger partial charge on any atom is 0.251 e. The highest BCUT2D eigenvalue weighted by molar-refractivity contribution is 6.30. The normalized spacial score (nSPS) is 20.5. The van der Waals surface area contributed by atoms with Crippen molar-refractivity contribution < 1.29 is 14.7 Å². The smallest absolute Gasteiger partial charge is 0.251 e. The van der Waals surface area contributed by atoms with Gasteiger partial charge in [0.1, 0.15) is 0 Å². The number of hydrogen-bond donors (Lipinski definition) is 2. The first-order chi connectivity index (χ1) is 9.95. The van der Waals surface area contributed by atoms with Crippen LogP contribution in [0.1, 0.15) is 23.2 Å². The van der Waals surface area contributed by atoms with Crippen LogP contribution in [0.15, 0.2) is 24.3 Å². The van der Waals surface area contributed by atoms with E-state index in [0.29, 0.717) is 23.0 Å². The number of aliphatic hydroxyl groups excluding tert-OH is 1. The number of halogens is 1. The van der Waals surface area contributed by atoms with Gasteiger partial charge in [0.25, 0.3) is 5.91 Å². The van der Waals surface area contributed by atoms with Crippen LogP contribution in [0.3, 0.4) is 0 Å². The maximum atomic E-state index is 11.9. The van der Waals surface area contributed by atoms with Crippen molar-refractivity contribution in [3.05, 3.63) is 34.9 Å². The molecule has 21 heavy (non-hydrogen) atoms. The van der Waals surface area contributed by atoms with Gasteiger partial charge in [-0.3, -0.25) is 9.59 Å². The second-order valence-corrected chi connectivity index (χ2v) is 5.89. The van der Waals surface area contributed by atoms with Gasteiger partial charge >= 0.3 is 0 Å². The molecule has 0 heterocycles. The molecule has 0 saturated heterocycles. The minimum Gasteiger partial charge on any atom is -0.393 e. The predicted molar refractivity (Wildman–Crippen MR) is 80.2 cm³/mol. The van der Waals surface area contributed by atoms with Gasteiger partial charge in [-0.1, -0.05) is 11.6 Å². The summed E-state index contributed by atoms with van der Waals surface area (Å²) in [7, 11) is 1.71. The molecular weight excluding hydrogens is 292 g/mol. The van der Waals surface area contributed by atoms with E-state index in [1.807, 2.05) is 0 Å². The van der Waals surface area contributed by atoms with Crippen molar-refractivity contribution in [3.8, 4) is 0 Å². The van der Waals surface area contributed by atoms with Crippen molar-refractivity contribution in [3.63, 3.8) is 0 Å². The van der Waals surface area contributed by atoms with Crippen molar-refractivity contribution in [2.24, 2.45) is 5.92 Å². The Kier molecular flexibility index (Phi) is 5.20. The lowest BCUT2D eigenvalue weighted by molar-refractivity contribution is -0.130. The number of rotatable bonds is 5. The van der Waals surface area contributed by atoms with E-state index in [1.54, 1.807) is 36.2 Å². The molecule has 2 N–H and O–H groups in total. The molecule has 1 saturated carbocycles. The van der Waals surface area contributed by atoms with Gasteiger partial charge in [0.2, 0.25) is 5.91 Å². The number of nitrogens with one attached hydrogen (secondary N) is 1. The molecule has 0 unspecified atom stereocenters. The molecule has 0 spiro atoms. The van der Waals surface area contributed by atoms with Crippen LogP contribution < -0.4 is 5.32 Å². The summed E-state index contributed by atoms with van der Waals surface area (Å²) >= 11 is 5.75. The maximum absolute atomic E-state index is 11.9. The summed E-state index contributed by atoms with van der Waals surface area (Å²) < 4.78 is 0. The molecule has 1 aliphatic carbocycles. The van der Waals surface area contributed by atoms with E-state index in [0.717, 1.165) is 12.8 Å². The Hall–Kier alpha value is -1.59. The summed E-state index contributed by atoms with van der Waals surface area (Å²) in [5.74, 6) is -0.0768. The van der Waals surface area contributed by atoms with Gasteiger partial charge in [-0.05, 0) is 43.0 Å². The average Bonchev–Trinajstić information content (AvgIpc) is 2.43. The third-order valence-electron chi connectivity index (χ3n) is 3.68. The molecule has 0 aliphatic heterocycles. The highest BCUT2D eigenvalue weighted by Crippen LogP contribution is 2.27.